The summed E-state index contributed by atoms with van der Waals surface area (Å²) >= 11 is 1.60. The van der Waals surface area contributed by atoms with Crippen LogP contribution in [0.5, 0.6) is 0 Å². The van der Waals surface area contributed by atoms with Crippen molar-refractivity contribution in [2.24, 2.45) is 0 Å². The van der Waals surface area contributed by atoms with Crippen LogP contribution in [0.3, 0.4) is 0 Å². The molecule has 0 aromatic heterocycles. The summed E-state index contributed by atoms with van der Waals surface area (Å²) in [6.45, 7) is 2.05. The smallest absolute Gasteiger partial charge is 0.252 e. The molecule has 0 unspecified atom stereocenters. The van der Waals surface area contributed by atoms with Crippen molar-refractivity contribution in [1.82, 2.24) is 5.32 Å². The summed E-state index contributed by atoms with van der Waals surface area (Å²) < 4.78 is 0. The van der Waals surface area contributed by atoms with Crippen molar-refractivity contribution in [3.05, 3.63) is 64.7 Å². The highest BCUT2D eigenvalue weighted by Gasteiger charge is 2.16. The lowest BCUT2D eigenvalue weighted by molar-refractivity contribution is 0.0937. The first kappa shape index (κ1) is 15.2. The Morgan fingerprint density at radius 3 is 2.73 bits per heavy atom. The maximum atomic E-state index is 12.5. The number of rotatable bonds is 4. The molecule has 0 saturated heterocycles. The molecule has 3 rings (SSSR count). The van der Waals surface area contributed by atoms with Crippen LogP contribution in [0.1, 0.15) is 46.4 Å². The Bertz CT molecular complexity index is 696. The Hall–Kier alpha value is -1.74. The Kier molecular flexibility index (Phi) is 4.53. The second-order valence-electron chi connectivity index (χ2n) is 5.78. The summed E-state index contributed by atoms with van der Waals surface area (Å²) in [4.78, 5) is 13.5. The van der Waals surface area contributed by atoms with Crippen molar-refractivity contribution in [3.63, 3.8) is 0 Å². The summed E-state index contributed by atoms with van der Waals surface area (Å²) in [6, 6.07) is 14.4. The molecule has 114 valence electrons. The van der Waals surface area contributed by atoms with E-state index in [9.17, 15) is 4.79 Å². The third kappa shape index (κ3) is 3.05. The molecule has 0 fully saturated rings. The van der Waals surface area contributed by atoms with Gasteiger partial charge in [0.25, 0.3) is 5.91 Å². The number of amides is 1. The second-order valence-corrected chi connectivity index (χ2v) is 6.63. The zero-order valence-corrected chi connectivity index (χ0v) is 13.9. The molecule has 0 radical (unpaired) electrons. The van der Waals surface area contributed by atoms with Gasteiger partial charge in [-0.25, -0.2) is 0 Å². The maximum Gasteiger partial charge on any atom is 0.252 e. The lowest BCUT2D eigenvalue weighted by Crippen LogP contribution is -2.27. The first-order valence-corrected chi connectivity index (χ1v) is 8.97. The monoisotopic (exact) mass is 311 g/mol. The third-order valence-electron chi connectivity index (χ3n) is 4.32. The van der Waals surface area contributed by atoms with E-state index in [0.717, 1.165) is 10.5 Å². The topological polar surface area (TPSA) is 29.1 Å². The molecule has 0 spiro atoms. The fourth-order valence-electron chi connectivity index (χ4n) is 3.05. The molecule has 2 aromatic carbocycles. The van der Waals surface area contributed by atoms with Gasteiger partial charge < -0.3 is 5.32 Å². The minimum absolute atomic E-state index is 0.00190. The van der Waals surface area contributed by atoms with Crippen LogP contribution in [-0.2, 0) is 12.8 Å². The molecular formula is C19H21NOS. The summed E-state index contributed by atoms with van der Waals surface area (Å²) in [5.74, 6) is -0.00190. The van der Waals surface area contributed by atoms with Crippen molar-refractivity contribution >= 4 is 17.7 Å². The highest BCUT2D eigenvalue weighted by Crippen LogP contribution is 2.26. The zero-order chi connectivity index (χ0) is 15.5. The molecule has 1 aliphatic rings. The van der Waals surface area contributed by atoms with E-state index in [4.69, 9.17) is 0 Å². The molecule has 0 saturated carbocycles. The van der Waals surface area contributed by atoms with Crippen molar-refractivity contribution in [2.75, 3.05) is 6.26 Å². The largest absolute Gasteiger partial charge is 0.345 e. The van der Waals surface area contributed by atoms with E-state index in [1.54, 1.807) is 11.8 Å². The third-order valence-corrected chi connectivity index (χ3v) is 5.12. The number of fused-ring (bicyclic) bond motifs is 1. The van der Waals surface area contributed by atoms with E-state index in [0.29, 0.717) is 0 Å². The van der Waals surface area contributed by atoms with Crippen molar-refractivity contribution < 1.29 is 4.79 Å². The van der Waals surface area contributed by atoms with E-state index in [2.05, 4.69) is 30.4 Å². The number of nitrogens with one attached hydrogen (secondary N) is 1. The predicted octanol–water partition coefficient (Wildman–Crippen LogP) is 4.39. The highest BCUT2D eigenvalue weighted by atomic mass is 32.2. The minimum atomic E-state index is -0.00190. The maximum absolute atomic E-state index is 12.5. The number of aryl methyl sites for hydroxylation is 2. The van der Waals surface area contributed by atoms with Crippen LogP contribution in [0, 0.1) is 0 Å². The molecule has 3 heteroatoms. The lowest BCUT2D eigenvalue weighted by Gasteiger charge is -2.16. The summed E-state index contributed by atoms with van der Waals surface area (Å²) in [6.07, 6.45) is 5.60. The molecule has 0 bridgehead atoms. The van der Waals surface area contributed by atoms with Gasteiger partial charge in [-0.1, -0.05) is 30.3 Å². The van der Waals surface area contributed by atoms with Crippen molar-refractivity contribution in [3.8, 4) is 0 Å². The molecular weight excluding hydrogens is 290 g/mol. The van der Waals surface area contributed by atoms with Crippen LogP contribution >= 0.6 is 11.8 Å². The van der Waals surface area contributed by atoms with Crippen molar-refractivity contribution in [2.45, 2.75) is 37.1 Å². The quantitative estimate of drug-likeness (QED) is 0.849. The molecule has 2 aromatic rings. The van der Waals surface area contributed by atoms with Gasteiger partial charge in [0, 0.05) is 4.90 Å². The van der Waals surface area contributed by atoms with Crippen molar-refractivity contribution in [1.29, 1.82) is 0 Å². The van der Waals surface area contributed by atoms with E-state index in [1.165, 1.54) is 36.0 Å². The van der Waals surface area contributed by atoms with Gasteiger partial charge in [-0.3, -0.25) is 4.79 Å². The van der Waals surface area contributed by atoms with Crippen LogP contribution in [0.4, 0.5) is 0 Å². The molecule has 1 atom stereocenters. The van der Waals surface area contributed by atoms with Gasteiger partial charge in [-0.15, -0.1) is 11.8 Å². The standard InChI is InChI=1S/C19H21NOS/c1-13(15-11-10-14-6-5-7-16(14)12-15)20-19(21)17-8-3-4-9-18(17)22-2/h3-4,8-13H,5-7H2,1-2H3,(H,20,21)/t13-/m1/s1. The van der Waals surface area contributed by atoms with Crippen LogP contribution < -0.4 is 5.32 Å². The van der Waals surface area contributed by atoms with Crippen LogP contribution in [-0.4, -0.2) is 12.2 Å². The van der Waals surface area contributed by atoms with Gasteiger partial charge in [-0.05, 0) is 61.3 Å². The van der Waals surface area contributed by atoms with E-state index in [-0.39, 0.29) is 11.9 Å². The SMILES string of the molecule is CSc1ccccc1C(=O)N[C@H](C)c1ccc2c(c1)CCC2. The van der Waals surface area contributed by atoms with E-state index < -0.39 is 0 Å². The summed E-state index contributed by atoms with van der Waals surface area (Å²) in [5.41, 5.74) is 4.86. The minimum Gasteiger partial charge on any atom is -0.345 e. The second kappa shape index (κ2) is 6.57. The first-order valence-electron chi connectivity index (χ1n) is 7.74. The number of hydrogen-bond acceptors (Lipinski definition) is 2. The predicted molar refractivity (Wildman–Crippen MR) is 92.6 cm³/mol. The van der Waals surface area contributed by atoms with Crippen LogP contribution in [0.25, 0.3) is 0 Å². The fraction of sp³-hybridized carbons (Fsp3) is 0.316. The molecule has 2 nitrogen and oxygen atoms in total. The molecule has 1 N–H and O–H groups in total. The number of benzene rings is 2. The van der Waals surface area contributed by atoms with Crippen LogP contribution in [0.15, 0.2) is 47.4 Å². The molecule has 1 amide bonds. The number of carbonyl (C=O) groups is 1. The average molecular weight is 311 g/mol. The van der Waals surface area contributed by atoms with E-state index in [1.807, 2.05) is 30.5 Å². The Labute approximate surface area is 136 Å². The average Bonchev–Trinajstić information content (AvgIpc) is 3.02. The first-order chi connectivity index (χ1) is 10.7. The van der Waals surface area contributed by atoms with Gasteiger partial charge in [-0.2, -0.15) is 0 Å². The Morgan fingerprint density at radius 2 is 1.91 bits per heavy atom. The number of carbonyl (C=O) groups excluding carboxylic acids is 1. The van der Waals surface area contributed by atoms with E-state index >= 15 is 0 Å². The molecule has 22 heavy (non-hydrogen) atoms. The molecule has 0 heterocycles. The molecule has 1 aliphatic carbocycles. The Balaban J connectivity index is 1.76. The fourth-order valence-corrected chi connectivity index (χ4v) is 3.65. The summed E-state index contributed by atoms with van der Waals surface area (Å²) in [7, 11) is 0. The van der Waals surface area contributed by atoms with Gasteiger partial charge in [0.2, 0.25) is 0 Å². The lowest BCUT2D eigenvalue weighted by atomic mass is 10.0. The normalized spacial score (nSPS) is 14.5. The highest BCUT2D eigenvalue weighted by molar-refractivity contribution is 7.98. The van der Waals surface area contributed by atoms with Gasteiger partial charge in [0.15, 0.2) is 0 Å². The summed E-state index contributed by atoms with van der Waals surface area (Å²) in [5, 5.41) is 3.13. The number of hydrogen-bond donors (Lipinski definition) is 1. The Morgan fingerprint density at radius 1 is 1.14 bits per heavy atom. The van der Waals surface area contributed by atoms with Gasteiger partial charge >= 0.3 is 0 Å². The zero-order valence-electron chi connectivity index (χ0n) is 13.1. The number of thioether (sulfide) groups is 1. The van der Waals surface area contributed by atoms with Crippen LogP contribution in [0.2, 0.25) is 0 Å². The van der Waals surface area contributed by atoms with Gasteiger partial charge in [0.1, 0.15) is 0 Å². The molecule has 0 aliphatic heterocycles. The van der Waals surface area contributed by atoms with Gasteiger partial charge in [0.05, 0.1) is 11.6 Å².